The lowest BCUT2D eigenvalue weighted by Crippen LogP contribution is -2.30. The number of rotatable bonds is 11. The Bertz CT molecular complexity index is 2090. The van der Waals surface area contributed by atoms with Gasteiger partial charge >= 0.3 is 0 Å². The van der Waals surface area contributed by atoms with E-state index in [9.17, 15) is 18.8 Å². The van der Waals surface area contributed by atoms with E-state index >= 15 is 0 Å². The van der Waals surface area contributed by atoms with E-state index in [1.807, 2.05) is 103 Å². The topological polar surface area (TPSA) is 87.3 Å². The molecule has 6 aromatic rings. The molecule has 0 aliphatic rings. The predicted octanol–water partition coefficient (Wildman–Crippen LogP) is 9.37. The quantitative estimate of drug-likeness (QED) is 0.0942. The summed E-state index contributed by atoms with van der Waals surface area (Å²) in [5.41, 5.74) is 5.13. The second kappa shape index (κ2) is 16.2. The minimum Gasteiger partial charge on any atom is -0.325 e. The summed E-state index contributed by atoms with van der Waals surface area (Å²) < 4.78 is 13.4. The predicted molar refractivity (Wildman–Crippen MR) is 199 cm³/mol. The van der Waals surface area contributed by atoms with Gasteiger partial charge in [0.1, 0.15) is 16.8 Å². The van der Waals surface area contributed by atoms with Crippen molar-refractivity contribution >= 4 is 46.9 Å². The van der Waals surface area contributed by atoms with Gasteiger partial charge in [-0.05, 0) is 89.0 Å². The Balaban J connectivity index is 1.19. The molecule has 0 aliphatic heterocycles. The third kappa shape index (κ3) is 9.00. The first kappa shape index (κ1) is 33.6. The molecule has 0 heterocycles. The number of anilines is 2. The van der Waals surface area contributed by atoms with Gasteiger partial charge < -0.3 is 16.0 Å². The number of amides is 3. The van der Waals surface area contributed by atoms with Gasteiger partial charge in [0.05, 0.1) is 0 Å². The zero-order chi connectivity index (χ0) is 34.7. The molecular formula is C42H32FN3O3S. The highest BCUT2D eigenvalue weighted by atomic mass is 32.2. The lowest BCUT2D eigenvalue weighted by molar-refractivity contribution is -0.116. The first-order valence-electron chi connectivity index (χ1n) is 15.8. The summed E-state index contributed by atoms with van der Waals surface area (Å²) in [6.45, 7) is 0. The monoisotopic (exact) mass is 677 g/mol. The Morgan fingerprint density at radius 3 is 1.76 bits per heavy atom. The van der Waals surface area contributed by atoms with Crippen molar-refractivity contribution in [3.63, 3.8) is 0 Å². The summed E-state index contributed by atoms with van der Waals surface area (Å²) in [6.07, 6.45) is 1.64. The van der Waals surface area contributed by atoms with Crippen LogP contribution in [0.1, 0.15) is 26.7 Å². The molecule has 6 nitrogen and oxygen atoms in total. The summed E-state index contributed by atoms with van der Waals surface area (Å²) in [4.78, 5) is 40.9. The van der Waals surface area contributed by atoms with Gasteiger partial charge in [0, 0.05) is 21.8 Å². The standard InChI is InChI=1S/C42H32FN3O3S/c43-34-20-22-35(23-21-34)45-42(49)39(32-12-6-2-7-13-32)50-37-26-24-36(25-27-37)44-41(48)38(46-40(47)33-14-8-3-9-15-33)28-29-16-18-31(19-17-29)30-10-4-1-5-11-30/h1-28,39H,(H,44,48)(H,45,49)(H,46,47)/b38-28-. The van der Waals surface area contributed by atoms with Crippen LogP contribution in [0.5, 0.6) is 0 Å². The van der Waals surface area contributed by atoms with Crippen LogP contribution in [0.15, 0.2) is 174 Å². The van der Waals surface area contributed by atoms with Gasteiger partial charge in [0.25, 0.3) is 11.8 Å². The number of carbonyl (C=O) groups is 3. The Morgan fingerprint density at radius 2 is 1.12 bits per heavy atom. The molecule has 0 saturated heterocycles. The van der Waals surface area contributed by atoms with Gasteiger partial charge in [0.15, 0.2) is 0 Å². The maximum atomic E-state index is 13.6. The molecule has 0 bridgehead atoms. The summed E-state index contributed by atoms with van der Waals surface area (Å²) in [5, 5.41) is 7.94. The molecule has 246 valence electrons. The largest absolute Gasteiger partial charge is 0.325 e. The van der Waals surface area contributed by atoms with Crippen LogP contribution in [0.3, 0.4) is 0 Å². The van der Waals surface area contributed by atoms with Gasteiger partial charge in [-0.2, -0.15) is 0 Å². The minimum atomic E-state index is -0.599. The van der Waals surface area contributed by atoms with Gasteiger partial charge in [-0.1, -0.05) is 103 Å². The Morgan fingerprint density at radius 1 is 0.580 bits per heavy atom. The van der Waals surface area contributed by atoms with Crippen LogP contribution in [-0.2, 0) is 9.59 Å². The average Bonchev–Trinajstić information content (AvgIpc) is 3.16. The third-order valence-electron chi connectivity index (χ3n) is 7.68. The first-order chi connectivity index (χ1) is 24.4. The number of thioether (sulfide) groups is 1. The molecule has 6 rings (SSSR count). The molecule has 1 unspecified atom stereocenters. The zero-order valence-electron chi connectivity index (χ0n) is 26.8. The van der Waals surface area contributed by atoms with E-state index < -0.39 is 17.1 Å². The lowest BCUT2D eigenvalue weighted by atomic mass is 10.0. The molecule has 0 radical (unpaired) electrons. The third-order valence-corrected chi connectivity index (χ3v) is 8.94. The summed E-state index contributed by atoms with van der Waals surface area (Å²) >= 11 is 1.35. The molecule has 0 fully saturated rings. The number of hydrogen-bond acceptors (Lipinski definition) is 4. The number of nitrogens with one attached hydrogen (secondary N) is 3. The number of carbonyl (C=O) groups excluding carboxylic acids is 3. The van der Waals surface area contributed by atoms with Crippen molar-refractivity contribution in [2.24, 2.45) is 0 Å². The molecule has 3 N–H and O–H groups in total. The molecule has 6 aromatic carbocycles. The van der Waals surface area contributed by atoms with E-state index in [0.29, 0.717) is 16.9 Å². The second-order valence-electron chi connectivity index (χ2n) is 11.2. The molecule has 1 atom stereocenters. The maximum absolute atomic E-state index is 13.6. The van der Waals surface area contributed by atoms with E-state index in [4.69, 9.17) is 0 Å². The van der Waals surface area contributed by atoms with Crippen LogP contribution < -0.4 is 16.0 Å². The van der Waals surface area contributed by atoms with E-state index in [1.165, 1.54) is 36.0 Å². The highest BCUT2D eigenvalue weighted by Gasteiger charge is 2.23. The molecule has 0 saturated carbocycles. The number of halogens is 1. The Labute approximate surface area is 294 Å². The van der Waals surface area contributed by atoms with Crippen LogP contribution >= 0.6 is 11.8 Å². The van der Waals surface area contributed by atoms with Crippen LogP contribution in [0, 0.1) is 5.82 Å². The highest BCUT2D eigenvalue weighted by molar-refractivity contribution is 8.00. The van der Waals surface area contributed by atoms with E-state index in [0.717, 1.165) is 27.1 Å². The van der Waals surface area contributed by atoms with Crippen molar-refractivity contribution < 1.29 is 18.8 Å². The fourth-order valence-corrected chi connectivity index (χ4v) is 6.13. The van der Waals surface area contributed by atoms with Gasteiger partial charge in [-0.3, -0.25) is 14.4 Å². The average molecular weight is 678 g/mol. The van der Waals surface area contributed by atoms with Crippen molar-refractivity contribution in [2.45, 2.75) is 10.1 Å². The second-order valence-corrected chi connectivity index (χ2v) is 12.4. The van der Waals surface area contributed by atoms with Crippen molar-refractivity contribution in [2.75, 3.05) is 10.6 Å². The van der Waals surface area contributed by atoms with Crippen LogP contribution in [0.25, 0.3) is 17.2 Å². The van der Waals surface area contributed by atoms with Crippen molar-refractivity contribution in [3.8, 4) is 11.1 Å². The fraction of sp³-hybridized carbons (Fsp3) is 0.0238. The normalized spacial score (nSPS) is 11.7. The van der Waals surface area contributed by atoms with Crippen LogP contribution in [-0.4, -0.2) is 17.7 Å². The number of benzene rings is 6. The molecule has 0 spiro atoms. The van der Waals surface area contributed by atoms with Crippen LogP contribution in [0.2, 0.25) is 0 Å². The molecule has 50 heavy (non-hydrogen) atoms. The van der Waals surface area contributed by atoms with Gasteiger partial charge in [0.2, 0.25) is 5.91 Å². The van der Waals surface area contributed by atoms with E-state index in [-0.39, 0.29) is 17.4 Å². The minimum absolute atomic E-state index is 0.0753. The summed E-state index contributed by atoms with van der Waals surface area (Å²) in [7, 11) is 0. The van der Waals surface area contributed by atoms with E-state index in [2.05, 4.69) is 16.0 Å². The fourth-order valence-electron chi connectivity index (χ4n) is 5.10. The Kier molecular flexibility index (Phi) is 10.9. The van der Waals surface area contributed by atoms with Crippen LogP contribution in [0.4, 0.5) is 15.8 Å². The molecule has 0 aliphatic carbocycles. The molecule has 0 aromatic heterocycles. The zero-order valence-corrected chi connectivity index (χ0v) is 27.6. The lowest BCUT2D eigenvalue weighted by Gasteiger charge is -2.17. The van der Waals surface area contributed by atoms with Gasteiger partial charge in [-0.15, -0.1) is 11.8 Å². The molecular weight excluding hydrogens is 646 g/mol. The highest BCUT2D eigenvalue weighted by Crippen LogP contribution is 2.37. The van der Waals surface area contributed by atoms with Crippen molar-refractivity contribution in [3.05, 3.63) is 192 Å². The van der Waals surface area contributed by atoms with Gasteiger partial charge in [-0.25, -0.2) is 4.39 Å². The Hall–Kier alpha value is -6.25. The summed E-state index contributed by atoms with van der Waals surface area (Å²) in [6, 6.07) is 48.5. The van der Waals surface area contributed by atoms with E-state index in [1.54, 1.807) is 42.5 Å². The van der Waals surface area contributed by atoms with Crippen molar-refractivity contribution in [1.29, 1.82) is 0 Å². The maximum Gasteiger partial charge on any atom is 0.272 e. The molecule has 8 heteroatoms. The SMILES string of the molecule is O=C(Nc1ccc(SC(C(=O)Nc2ccc(F)cc2)c2ccccc2)cc1)/C(=C/c1ccc(-c2ccccc2)cc1)NC(=O)c1ccccc1. The first-order valence-corrected chi connectivity index (χ1v) is 16.7. The number of hydrogen-bond donors (Lipinski definition) is 3. The van der Waals surface area contributed by atoms with Crippen molar-refractivity contribution in [1.82, 2.24) is 5.32 Å². The smallest absolute Gasteiger partial charge is 0.272 e. The molecule has 3 amide bonds. The summed E-state index contributed by atoms with van der Waals surface area (Å²) in [5.74, 6) is -1.55.